The number of amides is 1. The Morgan fingerprint density at radius 3 is 2.50 bits per heavy atom. The van der Waals surface area contributed by atoms with Gasteiger partial charge in [-0.1, -0.05) is 28.9 Å². The van der Waals surface area contributed by atoms with Crippen LogP contribution in [0.4, 0.5) is 10.2 Å². The van der Waals surface area contributed by atoms with Crippen LogP contribution < -0.4 is 10.3 Å². The van der Waals surface area contributed by atoms with Crippen molar-refractivity contribution in [1.82, 2.24) is 5.16 Å². The van der Waals surface area contributed by atoms with Gasteiger partial charge in [0.15, 0.2) is 11.2 Å². The number of aromatic nitrogens is 1. The minimum absolute atomic E-state index is 0.0794. The van der Waals surface area contributed by atoms with E-state index in [2.05, 4.69) is 5.16 Å². The SMILES string of the molecule is Cc1cc(N2C(=O)c3oc4cc(C)c(Cl)cc4c(=O)c3C2c2ccc(F)cc2)no1. The largest absolute Gasteiger partial charge is 0.450 e. The highest BCUT2D eigenvalue weighted by Gasteiger charge is 2.44. The van der Waals surface area contributed by atoms with Crippen LogP contribution in [0.25, 0.3) is 11.0 Å². The smallest absolute Gasteiger partial charge is 0.296 e. The maximum atomic E-state index is 13.5. The topological polar surface area (TPSA) is 76.6 Å². The Balaban J connectivity index is 1.83. The zero-order chi connectivity index (χ0) is 21.2. The lowest BCUT2D eigenvalue weighted by atomic mass is 9.98. The highest BCUT2D eigenvalue weighted by molar-refractivity contribution is 6.32. The summed E-state index contributed by atoms with van der Waals surface area (Å²) in [6.07, 6.45) is 0. The molecule has 150 valence electrons. The molecule has 30 heavy (non-hydrogen) atoms. The van der Waals surface area contributed by atoms with Crippen LogP contribution in [-0.2, 0) is 0 Å². The van der Waals surface area contributed by atoms with Crippen LogP contribution in [-0.4, -0.2) is 11.1 Å². The molecule has 1 unspecified atom stereocenters. The van der Waals surface area contributed by atoms with E-state index in [-0.39, 0.29) is 33.5 Å². The van der Waals surface area contributed by atoms with Crippen LogP contribution in [0.2, 0.25) is 5.02 Å². The molecule has 0 aliphatic carbocycles. The van der Waals surface area contributed by atoms with Crippen molar-refractivity contribution in [2.45, 2.75) is 19.9 Å². The van der Waals surface area contributed by atoms with E-state index in [1.54, 1.807) is 26.0 Å². The molecule has 0 N–H and O–H groups in total. The van der Waals surface area contributed by atoms with Crippen LogP contribution in [0.3, 0.4) is 0 Å². The Morgan fingerprint density at radius 1 is 1.10 bits per heavy atom. The summed E-state index contributed by atoms with van der Waals surface area (Å²) in [5.41, 5.74) is 1.30. The van der Waals surface area contributed by atoms with Crippen molar-refractivity contribution in [3.63, 3.8) is 0 Å². The van der Waals surface area contributed by atoms with E-state index >= 15 is 0 Å². The number of carbonyl (C=O) groups excluding carboxylic acids is 1. The third kappa shape index (κ3) is 2.66. The van der Waals surface area contributed by atoms with Crippen molar-refractivity contribution in [3.05, 3.63) is 91.7 Å². The lowest BCUT2D eigenvalue weighted by Crippen LogP contribution is -2.29. The summed E-state index contributed by atoms with van der Waals surface area (Å²) in [4.78, 5) is 28.1. The Bertz CT molecular complexity index is 1390. The molecule has 0 spiro atoms. The number of carbonyl (C=O) groups is 1. The number of aryl methyl sites for hydroxylation is 2. The molecule has 0 saturated carbocycles. The molecule has 6 nitrogen and oxygen atoms in total. The lowest BCUT2D eigenvalue weighted by molar-refractivity contribution is 0.0969. The molecular formula is C22H14ClFN2O4. The Kier molecular flexibility index (Phi) is 4.04. The first-order chi connectivity index (χ1) is 14.3. The van der Waals surface area contributed by atoms with Crippen molar-refractivity contribution < 1.29 is 18.1 Å². The van der Waals surface area contributed by atoms with Gasteiger partial charge in [-0.25, -0.2) is 4.39 Å². The normalized spacial score (nSPS) is 15.8. The van der Waals surface area contributed by atoms with Crippen LogP contribution in [0.5, 0.6) is 0 Å². The fourth-order valence-corrected chi connectivity index (χ4v) is 3.92. The third-order valence-corrected chi connectivity index (χ3v) is 5.61. The summed E-state index contributed by atoms with van der Waals surface area (Å²) < 4.78 is 24.6. The number of rotatable bonds is 2. The maximum Gasteiger partial charge on any atom is 0.296 e. The highest BCUT2D eigenvalue weighted by Crippen LogP contribution is 2.41. The molecule has 8 heteroatoms. The number of nitrogens with zero attached hydrogens (tertiary/aromatic N) is 2. The number of fused-ring (bicyclic) bond motifs is 2. The molecule has 2 aromatic heterocycles. The lowest BCUT2D eigenvalue weighted by Gasteiger charge is -2.22. The van der Waals surface area contributed by atoms with E-state index in [1.165, 1.54) is 35.2 Å². The summed E-state index contributed by atoms with van der Waals surface area (Å²) >= 11 is 6.22. The molecule has 0 bridgehead atoms. The monoisotopic (exact) mass is 424 g/mol. The fraction of sp³-hybridized carbons (Fsp3) is 0.136. The van der Waals surface area contributed by atoms with Crippen molar-refractivity contribution in [2.75, 3.05) is 4.90 Å². The van der Waals surface area contributed by atoms with Gasteiger partial charge in [-0.2, -0.15) is 0 Å². The second-order valence-corrected chi connectivity index (χ2v) is 7.60. The van der Waals surface area contributed by atoms with Gasteiger partial charge in [0.05, 0.1) is 17.0 Å². The first kappa shape index (κ1) is 18.6. The van der Waals surface area contributed by atoms with Crippen molar-refractivity contribution >= 4 is 34.3 Å². The molecule has 4 aromatic rings. The average Bonchev–Trinajstić information content (AvgIpc) is 3.26. The van der Waals surface area contributed by atoms with Gasteiger partial charge in [0.25, 0.3) is 5.91 Å². The fourth-order valence-electron chi connectivity index (χ4n) is 3.76. The van der Waals surface area contributed by atoms with E-state index in [1.807, 2.05) is 0 Å². The van der Waals surface area contributed by atoms with Gasteiger partial charge in [-0.3, -0.25) is 14.5 Å². The molecule has 1 aliphatic rings. The second kappa shape index (κ2) is 6.53. The molecule has 1 aliphatic heterocycles. The maximum absolute atomic E-state index is 13.5. The minimum atomic E-state index is -0.849. The molecule has 1 atom stereocenters. The number of anilines is 1. The van der Waals surface area contributed by atoms with Gasteiger partial charge < -0.3 is 8.94 Å². The first-order valence-electron chi connectivity index (χ1n) is 9.14. The van der Waals surface area contributed by atoms with Gasteiger partial charge in [0.1, 0.15) is 17.2 Å². The molecule has 5 rings (SSSR count). The quantitative estimate of drug-likeness (QED) is 0.455. The predicted molar refractivity (Wildman–Crippen MR) is 109 cm³/mol. The van der Waals surface area contributed by atoms with E-state index in [9.17, 15) is 14.0 Å². The number of benzene rings is 2. The zero-order valence-corrected chi connectivity index (χ0v) is 16.7. The first-order valence-corrected chi connectivity index (χ1v) is 9.52. The van der Waals surface area contributed by atoms with Gasteiger partial charge in [-0.15, -0.1) is 0 Å². The van der Waals surface area contributed by atoms with E-state index in [0.717, 1.165) is 5.56 Å². The molecule has 0 saturated heterocycles. The standard InChI is InChI=1S/C22H14ClFN2O4/c1-10-7-16-14(9-15(10)23)20(27)18-19(12-3-5-13(24)6-4-12)26(22(28)21(18)29-16)17-8-11(2)30-25-17/h3-9,19H,1-2H3. The van der Waals surface area contributed by atoms with Gasteiger partial charge in [0, 0.05) is 11.1 Å². The summed E-state index contributed by atoms with van der Waals surface area (Å²) in [6, 6.07) is 9.49. The molecule has 0 fully saturated rings. The van der Waals surface area contributed by atoms with Crippen LogP contribution in [0.1, 0.15) is 39.0 Å². The van der Waals surface area contributed by atoms with Crippen molar-refractivity contribution in [1.29, 1.82) is 0 Å². The molecule has 1 amide bonds. The van der Waals surface area contributed by atoms with Crippen LogP contribution in [0, 0.1) is 19.7 Å². The van der Waals surface area contributed by atoms with Gasteiger partial charge >= 0.3 is 0 Å². The average molecular weight is 425 g/mol. The van der Waals surface area contributed by atoms with Crippen LogP contribution in [0.15, 0.2) is 56.2 Å². The highest BCUT2D eigenvalue weighted by atomic mass is 35.5. The van der Waals surface area contributed by atoms with E-state index < -0.39 is 17.8 Å². The summed E-state index contributed by atoms with van der Waals surface area (Å²) in [6.45, 7) is 3.47. The Hall–Kier alpha value is -3.45. The molecule has 2 aromatic carbocycles. The molecule has 3 heterocycles. The summed E-state index contributed by atoms with van der Waals surface area (Å²) in [5, 5.41) is 4.63. The second-order valence-electron chi connectivity index (χ2n) is 7.20. The summed E-state index contributed by atoms with van der Waals surface area (Å²) in [7, 11) is 0. The Labute approximate surface area is 174 Å². The van der Waals surface area contributed by atoms with Gasteiger partial charge in [-0.05, 0) is 49.2 Å². The number of hydrogen-bond donors (Lipinski definition) is 0. The Morgan fingerprint density at radius 2 is 1.83 bits per heavy atom. The zero-order valence-electron chi connectivity index (χ0n) is 15.9. The predicted octanol–water partition coefficient (Wildman–Crippen LogP) is 4.94. The number of hydrogen-bond acceptors (Lipinski definition) is 5. The molecular weight excluding hydrogens is 411 g/mol. The third-order valence-electron chi connectivity index (χ3n) is 5.20. The molecule has 0 radical (unpaired) electrons. The van der Waals surface area contributed by atoms with Crippen molar-refractivity contribution in [2.24, 2.45) is 0 Å². The van der Waals surface area contributed by atoms with E-state index in [0.29, 0.717) is 16.3 Å². The van der Waals surface area contributed by atoms with Gasteiger partial charge in [0.2, 0.25) is 5.76 Å². The summed E-state index contributed by atoms with van der Waals surface area (Å²) in [5.74, 6) is -0.308. The number of halogens is 2. The van der Waals surface area contributed by atoms with Crippen LogP contribution >= 0.6 is 11.6 Å². The van der Waals surface area contributed by atoms with E-state index in [4.69, 9.17) is 20.5 Å². The van der Waals surface area contributed by atoms with Crippen molar-refractivity contribution in [3.8, 4) is 0 Å². The minimum Gasteiger partial charge on any atom is -0.450 e.